The van der Waals surface area contributed by atoms with Gasteiger partial charge in [0.15, 0.2) is 17.8 Å². The van der Waals surface area contributed by atoms with Crippen LogP contribution in [0.25, 0.3) is 33.4 Å². The number of hydrogen-bond acceptors (Lipinski definition) is 32. The summed E-state index contributed by atoms with van der Waals surface area (Å²) in [7, 11) is 4.66. The van der Waals surface area contributed by atoms with Crippen molar-refractivity contribution in [3.8, 4) is 11.3 Å². The molecule has 36 nitrogen and oxygen atoms in total. The maximum absolute atomic E-state index is 14.7. The van der Waals surface area contributed by atoms with E-state index < -0.39 is 84.1 Å². The van der Waals surface area contributed by atoms with Crippen LogP contribution in [0, 0.1) is 35.5 Å². The summed E-state index contributed by atoms with van der Waals surface area (Å²) in [5.74, 6) is -6.80. The summed E-state index contributed by atoms with van der Waals surface area (Å²) < 4.78 is 84.8. The van der Waals surface area contributed by atoms with Crippen molar-refractivity contribution in [3.63, 3.8) is 0 Å². The highest BCUT2D eigenvalue weighted by atomic mass is 16.6. The summed E-state index contributed by atoms with van der Waals surface area (Å²) in [4.78, 5) is 79.2. The Kier molecular flexibility index (Phi) is 40.8. The van der Waals surface area contributed by atoms with Crippen molar-refractivity contribution in [1.82, 2.24) is 49.5 Å². The highest BCUT2D eigenvalue weighted by Gasteiger charge is 2.53. The molecule has 131 heavy (non-hydrogen) atoms. The normalized spacial score (nSPS) is 27.5. The van der Waals surface area contributed by atoms with E-state index in [4.69, 9.17) is 87.4 Å². The third kappa shape index (κ3) is 29.8. The van der Waals surface area contributed by atoms with E-state index in [2.05, 4.69) is 61.6 Å². The minimum absolute atomic E-state index is 0.00471. The number of methoxy groups -OCH3 is 3. The Morgan fingerprint density at radius 2 is 1.41 bits per heavy atom. The number of benzene rings is 2. The molecule has 2 aromatic carbocycles. The number of nitrogens with two attached hydrogens (primary N) is 2. The number of cyclic esters (lactones) is 1. The first-order chi connectivity index (χ1) is 63.3. The molecule has 2 saturated heterocycles. The number of aromatic nitrogens is 8. The molecule has 11 rings (SSSR count). The molecule has 1 aliphatic carbocycles. The Morgan fingerprint density at radius 3 is 2.10 bits per heavy atom. The standard InChI is InChI=1S/C95H139N13O23/c1-61-16-12-11-13-17-62(2)80(117-8)54-74-24-19-67(7)95(116,131-74)89(113)92(114)107-29-15-14-18-76(107)93(115)129-81(64(4)50-68-21-25-77(109)82(52-68)118-9)55-78(110)63(3)49-66(6)87(112)88(119-10)85(65(5)48-61)103-128-59-73-58-106(104-101-73)31-33-121-35-37-123-39-41-125-43-45-127-47-46-126-44-42-124-40-38-122-36-34-120-32-28-83(111)105-30-27-70-51-69(20-22-72(70)57-105)56-108-91-84(90(96)98-60-99-91)86(102-108)71-23-26-79-75(53-71)100-94(97)130-79/h11-13,16-17,20,22-23,26,49,51,53,58,60-61,63-65,67-68,74,76-78,80-82,87-88,109-110,112,116H,14-15,18-19,21,24-25,27-48,50,52,54-57,59H2,1-10H3,(H2,97,100)(H2,96,98,99)/b13-11+,16-12+,62-17+,66-49+,103-85+/t61-,63-,64-,65-,67-,68+,74+,76+,77-,78-,80+,81+,82-,87-,88+,95-/m1/s1. The third-order valence-corrected chi connectivity index (χ3v) is 25.4. The molecule has 722 valence electrons. The van der Waals surface area contributed by atoms with Gasteiger partial charge < -0.3 is 113 Å². The Morgan fingerprint density at radius 1 is 0.718 bits per heavy atom. The number of oxazole rings is 1. The Labute approximate surface area is 767 Å². The number of hydrogen-bond donors (Lipinski definition) is 6. The summed E-state index contributed by atoms with van der Waals surface area (Å²) in [5.41, 5.74) is 21.0. The van der Waals surface area contributed by atoms with Crippen molar-refractivity contribution < 1.29 is 110 Å². The number of amides is 2. The molecule has 2 amide bonds. The highest BCUT2D eigenvalue weighted by Crippen LogP contribution is 2.40. The molecular formula is C95H139N13O23. The number of oxime groups is 1. The maximum atomic E-state index is 14.7. The van der Waals surface area contributed by atoms with Crippen LogP contribution in [-0.4, -0.2) is 300 Å². The molecule has 3 fully saturated rings. The number of allylic oxidation sites excluding steroid dienone is 5. The van der Waals surface area contributed by atoms with Gasteiger partial charge in [-0.3, -0.25) is 14.4 Å². The number of ether oxygens (including phenoxy) is 13. The minimum Gasteiger partial charge on any atom is -0.460 e. The molecule has 36 heteroatoms. The molecule has 5 aliphatic rings. The van der Waals surface area contributed by atoms with Gasteiger partial charge in [-0.1, -0.05) is 99.6 Å². The summed E-state index contributed by atoms with van der Waals surface area (Å²) in [5, 5.41) is 66.3. The van der Waals surface area contributed by atoms with Gasteiger partial charge in [0.1, 0.15) is 53.4 Å². The molecule has 4 aromatic heterocycles. The van der Waals surface area contributed by atoms with Crippen molar-refractivity contribution in [2.45, 2.75) is 225 Å². The predicted molar refractivity (Wildman–Crippen MR) is 486 cm³/mol. The highest BCUT2D eigenvalue weighted by molar-refractivity contribution is 6.39. The Bertz CT molecular complexity index is 4750. The third-order valence-electron chi connectivity index (χ3n) is 25.4. The monoisotopic (exact) mass is 1830 g/mol. The van der Waals surface area contributed by atoms with Gasteiger partial charge in [0, 0.05) is 77.1 Å². The van der Waals surface area contributed by atoms with E-state index in [1.54, 1.807) is 51.1 Å². The van der Waals surface area contributed by atoms with E-state index in [-0.39, 0.29) is 74.1 Å². The number of nitrogen functional groups attached to an aromatic ring is 2. The molecule has 0 unspecified atom stereocenters. The molecule has 6 aromatic rings. The zero-order chi connectivity index (χ0) is 93.4. The number of carbonyl (C=O) groups is 4. The fourth-order valence-corrected chi connectivity index (χ4v) is 17.7. The van der Waals surface area contributed by atoms with Crippen LogP contribution in [0.15, 0.2) is 106 Å². The fourth-order valence-electron chi connectivity index (χ4n) is 17.7. The number of carbonyl (C=O) groups excluding carboxylic acids is 4. The minimum atomic E-state index is -2.45. The topological polar surface area (TPSA) is 450 Å². The molecule has 0 radical (unpaired) electrons. The number of esters is 1. The largest absolute Gasteiger partial charge is 0.460 e. The van der Waals surface area contributed by atoms with Gasteiger partial charge in [0.25, 0.3) is 17.7 Å². The summed E-state index contributed by atoms with van der Waals surface area (Å²) in [6, 6.07) is 10.8. The van der Waals surface area contributed by atoms with E-state index in [0.29, 0.717) is 240 Å². The van der Waals surface area contributed by atoms with E-state index in [9.17, 15) is 39.6 Å². The quantitative estimate of drug-likeness (QED) is 0.00689. The van der Waals surface area contributed by atoms with Gasteiger partial charge in [-0.15, -0.1) is 5.10 Å². The van der Waals surface area contributed by atoms with E-state index in [1.807, 2.05) is 73.7 Å². The molecule has 0 spiro atoms. The summed E-state index contributed by atoms with van der Waals surface area (Å²) in [6.07, 6.45) is 15.0. The van der Waals surface area contributed by atoms with Crippen LogP contribution in [0.5, 0.6) is 0 Å². The average molecular weight is 1830 g/mol. The van der Waals surface area contributed by atoms with Crippen LogP contribution in [0.2, 0.25) is 0 Å². The lowest BCUT2D eigenvalue weighted by molar-refractivity contribution is -0.265. The van der Waals surface area contributed by atoms with Crippen LogP contribution >= 0.6 is 0 Å². The van der Waals surface area contributed by atoms with Gasteiger partial charge in [0.05, 0.1) is 173 Å². The number of fused-ring (bicyclic) bond motifs is 6. The Hall–Kier alpha value is -8.93. The number of ketones is 1. The van der Waals surface area contributed by atoms with Crippen LogP contribution in [0.4, 0.5) is 11.8 Å². The number of aliphatic hydroxyl groups excluding tert-OH is 3. The first-order valence-electron chi connectivity index (χ1n) is 46.3. The van der Waals surface area contributed by atoms with Gasteiger partial charge in [-0.05, 0) is 148 Å². The molecule has 2 bridgehead atoms. The number of aliphatic hydroxyl groups is 4. The molecule has 16 atom stereocenters. The molecule has 8 N–H and O–H groups in total. The van der Waals surface area contributed by atoms with E-state index in [1.165, 1.54) is 23.9 Å². The van der Waals surface area contributed by atoms with Crippen molar-refractivity contribution in [1.29, 1.82) is 0 Å². The zero-order valence-corrected chi connectivity index (χ0v) is 77.8. The van der Waals surface area contributed by atoms with Crippen LogP contribution in [0.3, 0.4) is 0 Å². The van der Waals surface area contributed by atoms with Gasteiger partial charge in [-0.2, -0.15) is 10.1 Å². The molecule has 8 heterocycles. The van der Waals surface area contributed by atoms with Crippen molar-refractivity contribution >= 4 is 63.2 Å². The Balaban J connectivity index is 0.548. The van der Waals surface area contributed by atoms with E-state index in [0.717, 1.165) is 35.1 Å². The second-order valence-electron chi connectivity index (χ2n) is 35.2. The molecule has 1 saturated carbocycles. The van der Waals surface area contributed by atoms with Crippen molar-refractivity contribution in [2.24, 2.45) is 40.7 Å². The number of nitrogens with zero attached hydrogens (tertiary/aromatic N) is 11. The predicted octanol–water partition coefficient (Wildman–Crippen LogP) is 8.84. The first kappa shape index (κ1) is 103. The average Bonchev–Trinajstić information content (AvgIpc) is 1.63. The van der Waals surface area contributed by atoms with Gasteiger partial charge in [0.2, 0.25) is 11.7 Å². The van der Waals surface area contributed by atoms with Gasteiger partial charge >= 0.3 is 5.97 Å². The van der Waals surface area contributed by atoms with Crippen LogP contribution in [-0.2, 0) is 118 Å². The zero-order valence-electron chi connectivity index (χ0n) is 77.8. The first-order valence-corrected chi connectivity index (χ1v) is 46.3. The van der Waals surface area contributed by atoms with Crippen molar-refractivity contribution in [3.05, 3.63) is 119 Å². The lowest BCUT2D eigenvalue weighted by atomic mass is 9.78. The second kappa shape index (κ2) is 52.1. The van der Waals surface area contributed by atoms with E-state index >= 15 is 0 Å². The smallest absolute Gasteiger partial charge is 0.329 e. The van der Waals surface area contributed by atoms with Crippen molar-refractivity contribution in [2.75, 3.05) is 152 Å². The van der Waals surface area contributed by atoms with Crippen LogP contribution < -0.4 is 11.5 Å². The summed E-state index contributed by atoms with van der Waals surface area (Å²) >= 11 is 0. The number of Topliss-reactive ketones (excluding diaryl/α,β-unsaturated/α-hetero) is 1. The SMILES string of the molecule is CO[C@H]1C[C@@H]2CC[C@@H](C)[C@@](O)(O2)C(=O)C(=O)N2CCCC[C@H]2C(=O)O[C@H]([C@H](C)C[C@@H]2CC[C@@H](O)[C@H](OC)C2)C[C@@H](O)[C@H](C)/C=C(\C)[C@@H](O)[C@@H](OC)/C(=N/OCc2cn(CCOCCOCCOCCOCCOCCOCCOCCOCCC(=O)N3CCc4cc(Cn5nc(-c6ccc7oc(N)nc7c6)c6c(N)ncnc65)ccc4C3)nn2)[C@H](C)C[C@H](C)/C=C/C=C/C=C/1C. The van der Waals surface area contributed by atoms with Crippen LogP contribution in [0.1, 0.15) is 154 Å². The summed E-state index contributed by atoms with van der Waals surface area (Å²) in [6.45, 7) is 21.5. The number of anilines is 2. The lowest BCUT2D eigenvalue weighted by Crippen LogP contribution is -2.61. The lowest BCUT2D eigenvalue weighted by Gasteiger charge is -2.43. The van der Waals surface area contributed by atoms with Gasteiger partial charge in [-0.25, -0.2) is 24.1 Å². The second-order valence-corrected chi connectivity index (χ2v) is 35.2. The molecule has 4 aliphatic heterocycles. The fraction of sp³-hybridized carbons (Fsp3) is 0.653. The number of rotatable bonds is 39. The number of piperidine rings is 1. The maximum Gasteiger partial charge on any atom is 0.329 e. The molecular weight excluding hydrogens is 1690 g/mol.